The molecule has 6 nitrogen and oxygen atoms in total. The first kappa shape index (κ1) is 15.4. The molecule has 122 valence electrons. The van der Waals surface area contributed by atoms with E-state index in [1.54, 1.807) is 20.4 Å². The summed E-state index contributed by atoms with van der Waals surface area (Å²) >= 11 is 0. The van der Waals surface area contributed by atoms with Gasteiger partial charge in [0.15, 0.2) is 0 Å². The van der Waals surface area contributed by atoms with Gasteiger partial charge >= 0.3 is 0 Å². The van der Waals surface area contributed by atoms with E-state index >= 15 is 0 Å². The topological polar surface area (TPSA) is 59.5 Å². The van der Waals surface area contributed by atoms with Crippen LogP contribution in [0.2, 0.25) is 0 Å². The number of nitrogens with one attached hydrogen (secondary N) is 1. The second-order valence-electron chi connectivity index (χ2n) is 5.48. The first-order valence-electron chi connectivity index (χ1n) is 7.87. The molecule has 0 radical (unpaired) electrons. The van der Waals surface area contributed by atoms with Crippen LogP contribution in [0.25, 0.3) is 0 Å². The Kier molecular flexibility index (Phi) is 4.80. The largest absolute Gasteiger partial charge is 0.497 e. The molecule has 0 bridgehead atoms. The van der Waals surface area contributed by atoms with Crippen LogP contribution in [-0.2, 0) is 0 Å². The van der Waals surface area contributed by atoms with E-state index in [1.807, 2.05) is 24.3 Å². The normalized spacial score (nSPS) is 14.4. The van der Waals surface area contributed by atoms with Crippen molar-refractivity contribution in [3.8, 4) is 11.5 Å². The third kappa shape index (κ3) is 3.64. The minimum absolute atomic E-state index is 0.555. The van der Waals surface area contributed by atoms with Crippen LogP contribution in [0.5, 0.6) is 11.5 Å². The number of piperidine rings is 1. The van der Waals surface area contributed by atoms with Gasteiger partial charge in [0.2, 0.25) is 5.95 Å². The summed E-state index contributed by atoms with van der Waals surface area (Å²) in [5.74, 6) is 2.99. The van der Waals surface area contributed by atoms with Crippen molar-refractivity contribution in [1.29, 1.82) is 0 Å². The summed E-state index contributed by atoms with van der Waals surface area (Å²) in [4.78, 5) is 11.2. The highest BCUT2D eigenvalue weighted by molar-refractivity contribution is 5.65. The Bertz CT molecular complexity index is 657. The van der Waals surface area contributed by atoms with Crippen molar-refractivity contribution in [2.24, 2.45) is 0 Å². The number of nitrogens with zero attached hydrogens (tertiary/aromatic N) is 3. The van der Waals surface area contributed by atoms with Crippen LogP contribution in [0.1, 0.15) is 19.3 Å². The molecular weight excluding hydrogens is 292 g/mol. The quantitative estimate of drug-likeness (QED) is 0.914. The molecular formula is C17H22N4O2. The summed E-state index contributed by atoms with van der Waals surface area (Å²) in [6.45, 7) is 2.11. The predicted molar refractivity (Wildman–Crippen MR) is 90.9 cm³/mol. The van der Waals surface area contributed by atoms with Crippen LogP contribution in [-0.4, -0.2) is 37.3 Å². The fraction of sp³-hybridized carbons (Fsp3) is 0.412. The molecule has 0 amide bonds. The van der Waals surface area contributed by atoms with Crippen LogP contribution in [0, 0.1) is 0 Å². The molecule has 2 heterocycles. The van der Waals surface area contributed by atoms with E-state index in [0.717, 1.165) is 36.1 Å². The number of methoxy groups -OCH3 is 2. The lowest BCUT2D eigenvalue weighted by atomic mass is 10.1. The highest BCUT2D eigenvalue weighted by Gasteiger charge is 2.13. The lowest BCUT2D eigenvalue weighted by Gasteiger charge is -2.27. The monoisotopic (exact) mass is 314 g/mol. The molecule has 1 aliphatic heterocycles. The Hall–Kier alpha value is -2.50. The van der Waals surface area contributed by atoms with Crippen molar-refractivity contribution in [2.75, 3.05) is 37.5 Å². The SMILES string of the molecule is COc1ccc(OC)c(Nc2nccc(N3CCCCC3)n2)c1. The van der Waals surface area contributed by atoms with Gasteiger partial charge in [-0.3, -0.25) is 0 Å². The fourth-order valence-corrected chi connectivity index (χ4v) is 2.74. The molecule has 1 fully saturated rings. The van der Waals surface area contributed by atoms with Crippen molar-refractivity contribution in [2.45, 2.75) is 19.3 Å². The van der Waals surface area contributed by atoms with Gasteiger partial charge in [-0.1, -0.05) is 0 Å². The summed E-state index contributed by atoms with van der Waals surface area (Å²) < 4.78 is 10.6. The Morgan fingerprint density at radius 1 is 1.04 bits per heavy atom. The van der Waals surface area contributed by atoms with E-state index in [2.05, 4.69) is 20.2 Å². The molecule has 23 heavy (non-hydrogen) atoms. The second kappa shape index (κ2) is 7.17. The Morgan fingerprint density at radius 3 is 2.61 bits per heavy atom. The average Bonchev–Trinajstić information content (AvgIpc) is 2.62. The van der Waals surface area contributed by atoms with Crippen molar-refractivity contribution >= 4 is 17.5 Å². The lowest BCUT2D eigenvalue weighted by molar-refractivity contribution is 0.405. The summed E-state index contributed by atoms with van der Waals surface area (Å²) in [6.07, 6.45) is 5.52. The molecule has 0 aliphatic carbocycles. The van der Waals surface area contributed by atoms with Gasteiger partial charge in [-0.2, -0.15) is 4.98 Å². The number of benzene rings is 1. The number of hydrogen-bond donors (Lipinski definition) is 1. The predicted octanol–water partition coefficient (Wildman–Crippen LogP) is 3.23. The minimum atomic E-state index is 0.555. The molecule has 0 saturated carbocycles. The van der Waals surface area contributed by atoms with E-state index in [9.17, 15) is 0 Å². The zero-order valence-electron chi connectivity index (χ0n) is 13.6. The van der Waals surface area contributed by atoms with Crippen molar-refractivity contribution in [3.05, 3.63) is 30.5 Å². The van der Waals surface area contributed by atoms with Gasteiger partial charge in [0.1, 0.15) is 17.3 Å². The summed E-state index contributed by atoms with van der Waals surface area (Å²) in [5, 5.41) is 3.22. The van der Waals surface area contributed by atoms with E-state index < -0.39 is 0 Å². The van der Waals surface area contributed by atoms with Gasteiger partial charge in [0.25, 0.3) is 0 Å². The number of ether oxygens (including phenoxy) is 2. The van der Waals surface area contributed by atoms with Crippen LogP contribution < -0.4 is 19.7 Å². The average molecular weight is 314 g/mol. The Morgan fingerprint density at radius 2 is 1.87 bits per heavy atom. The van der Waals surface area contributed by atoms with E-state index in [1.165, 1.54) is 19.3 Å². The highest BCUT2D eigenvalue weighted by atomic mass is 16.5. The maximum atomic E-state index is 5.38. The summed E-state index contributed by atoms with van der Waals surface area (Å²) in [6, 6.07) is 7.54. The first-order valence-corrected chi connectivity index (χ1v) is 7.87. The van der Waals surface area contributed by atoms with Gasteiger partial charge in [0, 0.05) is 25.4 Å². The van der Waals surface area contributed by atoms with E-state index in [4.69, 9.17) is 9.47 Å². The first-order chi connectivity index (χ1) is 11.3. The molecule has 1 aliphatic rings. The minimum Gasteiger partial charge on any atom is -0.497 e. The highest BCUT2D eigenvalue weighted by Crippen LogP contribution is 2.31. The summed E-state index contributed by atoms with van der Waals surface area (Å²) in [7, 11) is 3.27. The van der Waals surface area contributed by atoms with Gasteiger partial charge in [-0.25, -0.2) is 4.98 Å². The maximum absolute atomic E-state index is 5.38. The maximum Gasteiger partial charge on any atom is 0.229 e. The Balaban J connectivity index is 1.82. The van der Waals surface area contributed by atoms with Gasteiger partial charge in [0.05, 0.1) is 19.9 Å². The standard InChI is InChI=1S/C17H22N4O2/c1-22-13-6-7-15(23-2)14(12-13)19-17-18-9-8-16(20-17)21-10-4-3-5-11-21/h6-9,12H,3-5,10-11H2,1-2H3,(H,18,19,20). The second-order valence-corrected chi connectivity index (χ2v) is 5.48. The van der Waals surface area contributed by atoms with Crippen LogP contribution in [0.4, 0.5) is 17.5 Å². The Labute approximate surface area is 136 Å². The molecule has 1 N–H and O–H groups in total. The van der Waals surface area contributed by atoms with Gasteiger partial charge < -0.3 is 19.7 Å². The van der Waals surface area contributed by atoms with Crippen molar-refractivity contribution in [3.63, 3.8) is 0 Å². The summed E-state index contributed by atoms with van der Waals surface area (Å²) in [5.41, 5.74) is 0.780. The van der Waals surface area contributed by atoms with Gasteiger partial charge in [-0.15, -0.1) is 0 Å². The molecule has 1 saturated heterocycles. The van der Waals surface area contributed by atoms with Crippen LogP contribution in [0.3, 0.4) is 0 Å². The lowest BCUT2D eigenvalue weighted by Crippen LogP contribution is -2.30. The van der Waals surface area contributed by atoms with Crippen molar-refractivity contribution in [1.82, 2.24) is 9.97 Å². The molecule has 6 heteroatoms. The zero-order valence-corrected chi connectivity index (χ0v) is 13.6. The number of anilines is 3. The number of aromatic nitrogens is 2. The molecule has 2 aromatic rings. The van der Waals surface area contributed by atoms with E-state index in [-0.39, 0.29) is 0 Å². The smallest absolute Gasteiger partial charge is 0.229 e. The van der Waals surface area contributed by atoms with Crippen molar-refractivity contribution < 1.29 is 9.47 Å². The van der Waals surface area contributed by atoms with E-state index in [0.29, 0.717) is 5.95 Å². The molecule has 0 atom stereocenters. The third-order valence-corrected chi connectivity index (χ3v) is 3.97. The van der Waals surface area contributed by atoms with Crippen LogP contribution in [0.15, 0.2) is 30.5 Å². The zero-order chi connectivity index (χ0) is 16.1. The molecule has 3 rings (SSSR count). The molecule has 1 aromatic carbocycles. The molecule has 0 unspecified atom stereocenters. The number of rotatable bonds is 5. The molecule has 0 spiro atoms. The fourth-order valence-electron chi connectivity index (χ4n) is 2.74. The third-order valence-electron chi connectivity index (χ3n) is 3.97. The van der Waals surface area contributed by atoms with Gasteiger partial charge in [-0.05, 0) is 37.5 Å². The number of hydrogen-bond acceptors (Lipinski definition) is 6. The van der Waals surface area contributed by atoms with Crippen LogP contribution >= 0.6 is 0 Å². The molecule has 1 aromatic heterocycles.